The van der Waals surface area contributed by atoms with Crippen LogP contribution < -0.4 is 5.32 Å². The Labute approximate surface area is 102 Å². The van der Waals surface area contributed by atoms with Crippen molar-refractivity contribution in [1.82, 2.24) is 10.3 Å². The largest absolute Gasteiger partial charge is 0.448 e. The molecule has 1 N–H and O–H groups in total. The Balaban J connectivity index is 1.68. The fourth-order valence-electron chi connectivity index (χ4n) is 2.71. The molecule has 0 aliphatic carbocycles. The minimum Gasteiger partial charge on any atom is -0.448 e. The highest BCUT2D eigenvalue weighted by Crippen LogP contribution is 2.28. The molecule has 2 aliphatic heterocycles. The second kappa shape index (κ2) is 5.19. The lowest BCUT2D eigenvalue weighted by Crippen LogP contribution is -2.28. The molecule has 3 rings (SSSR count). The number of nitrogens with one attached hydrogen (secondary N) is 1. The van der Waals surface area contributed by atoms with Gasteiger partial charge >= 0.3 is 0 Å². The summed E-state index contributed by atoms with van der Waals surface area (Å²) < 4.78 is 11.1. The summed E-state index contributed by atoms with van der Waals surface area (Å²) in [6.07, 6.45) is 6.55. The van der Waals surface area contributed by atoms with E-state index in [0.29, 0.717) is 11.8 Å². The van der Waals surface area contributed by atoms with Crippen molar-refractivity contribution in [3.63, 3.8) is 0 Å². The molecule has 0 amide bonds. The van der Waals surface area contributed by atoms with E-state index in [4.69, 9.17) is 9.15 Å². The van der Waals surface area contributed by atoms with E-state index in [-0.39, 0.29) is 0 Å². The molecule has 0 bridgehead atoms. The highest BCUT2D eigenvalue weighted by molar-refractivity contribution is 5.08. The Morgan fingerprint density at radius 2 is 2.18 bits per heavy atom. The van der Waals surface area contributed by atoms with Crippen molar-refractivity contribution in [2.75, 3.05) is 26.3 Å². The summed E-state index contributed by atoms with van der Waals surface area (Å²) in [5.74, 6) is 1.82. The van der Waals surface area contributed by atoms with Crippen molar-refractivity contribution in [3.05, 3.63) is 17.8 Å². The molecule has 2 unspecified atom stereocenters. The SMILES string of the molecule is c1oc(C2CCCNC2)nc1C1CCCOC1. The van der Waals surface area contributed by atoms with Crippen LogP contribution in [0.15, 0.2) is 10.7 Å². The first-order chi connectivity index (χ1) is 8.43. The topological polar surface area (TPSA) is 47.3 Å². The van der Waals surface area contributed by atoms with Gasteiger partial charge < -0.3 is 14.5 Å². The average Bonchev–Trinajstić information content (AvgIpc) is 2.90. The lowest BCUT2D eigenvalue weighted by atomic mass is 9.98. The van der Waals surface area contributed by atoms with Gasteiger partial charge in [0.2, 0.25) is 0 Å². The van der Waals surface area contributed by atoms with Gasteiger partial charge in [0.05, 0.1) is 12.3 Å². The van der Waals surface area contributed by atoms with Crippen molar-refractivity contribution in [1.29, 1.82) is 0 Å². The maximum atomic E-state index is 5.65. The van der Waals surface area contributed by atoms with Crippen molar-refractivity contribution >= 4 is 0 Å². The minimum atomic E-state index is 0.442. The zero-order valence-corrected chi connectivity index (χ0v) is 10.2. The number of piperidine rings is 1. The van der Waals surface area contributed by atoms with Gasteiger partial charge in [-0.3, -0.25) is 0 Å². The van der Waals surface area contributed by atoms with Crippen molar-refractivity contribution in [3.8, 4) is 0 Å². The van der Waals surface area contributed by atoms with Crippen LogP contribution >= 0.6 is 0 Å². The standard InChI is InChI=1S/C13H20N2O2/c1-3-10(7-14-5-1)13-15-12(9-17-13)11-4-2-6-16-8-11/h9-11,14H,1-8H2. The van der Waals surface area contributed by atoms with Gasteiger partial charge in [0.1, 0.15) is 6.26 Å². The molecular weight excluding hydrogens is 216 g/mol. The predicted molar refractivity (Wildman–Crippen MR) is 64.1 cm³/mol. The molecule has 4 heteroatoms. The molecular formula is C13H20N2O2. The molecule has 1 aromatic rings. The van der Waals surface area contributed by atoms with Gasteiger partial charge in [0.15, 0.2) is 5.89 Å². The quantitative estimate of drug-likeness (QED) is 0.853. The molecule has 4 nitrogen and oxygen atoms in total. The van der Waals surface area contributed by atoms with Crippen LogP contribution in [0.5, 0.6) is 0 Å². The van der Waals surface area contributed by atoms with E-state index in [1.807, 2.05) is 6.26 Å². The van der Waals surface area contributed by atoms with Gasteiger partial charge in [-0.1, -0.05) is 0 Å². The Morgan fingerprint density at radius 1 is 1.24 bits per heavy atom. The zero-order valence-electron chi connectivity index (χ0n) is 10.2. The first kappa shape index (κ1) is 11.2. The van der Waals surface area contributed by atoms with Crippen LogP contribution in [0.2, 0.25) is 0 Å². The summed E-state index contributed by atoms with van der Waals surface area (Å²) in [5.41, 5.74) is 1.09. The third-order valence-corrected chi connectivity index (χ3v) is 3.76. The second-order valence-electron chi connectivity index (χ2n) is 5.07. The summed E-state index contributed by atoms with van der Waals surface area (Å²) >= 11 is 0. The maximum absolute atomic E-state index is 5.65. The molecule has 94 valence electrons. The van der Waals surface area contributed by atoms with Crippen LogP contribution in [-0.4, -0.2) is 31.3 Å². The molecule has 3 heterocycles. The van der Waals surface area contributed by atoms with E-state index in [1.54, 1.807) is 0 Å². The third-order valence-electron chi connectivity index (χ3n) is 3.76. The molecule has 0 spiro atoms. The highest BCUT2D eigenvalue weighted by Gasteiger charge is 2.24. The van der Waals surface area contributed by atoms with E-state index in [2.05, 4.69) is 10.3 Å². The minimum absolute atomic E-state index is 0.442. The van der Waals surface area contributed by atoms with E-state index < -0.39 is 0 Å². The number of oxazole rings is 1. The number of nitrogens with zero attached hydrogens (tertiary/aromatic N) is 1. The molecule has 0 saturated carbocycles. The molecule has 17 heavy (non-hydrogen) atoms. The summed E-state index contributed by atoms with van der Waals surface area (Å²) in [4.78, 5) is 4.67. The van der Waals surface area contributed by atoms with Gasteiger partial charge in [-0.25, -0.2) is 4.98 Å². The monoisotopic (exact) mass is 236 g/mol. The van der Waals surface area contributed by atoms with Crippen LogP contribution in [0, 0.1) is 0 Å². The Morgan fingerprint density at radius 3 is 2.94 bits per heavy atom. The lowest BCUT2D eigenvalue weighted by molar-refractivity contribution is 0.0792. The Kier molecular flexibility index (Phi) is 3.43. The fraction of sp³-hybridized carbons (Fsp3) is 0.769. The predicted octanol–water partition coefficient (Wildman–Crippen LogP) is 2.04. The number of rotatable bonds is 2. The summed E-state index contributed by atoms with van der Waals surface area (Å²) in [6, 6.07) is 0. The summed E-state index contributed by atoms with van der Waals surface area (Å²) in [5, 5.41) is 3.40. The molecule has 2 aliphatic rings. The lowest BCUT2D eigenvalue weighted by Gasteiger charge is -2.20. The molecule has 2 fully saturated rings. The van der Waals surface area contributed by atoms with Gasteiger partial charge in [0.25, 0.3) is 0 Å². The highest BCUT2D eigenvalue weighted by atomic mass is 16.5. The average molecular weight is 236 g/mol. The van der Waals surface area contributed by atoms with Crippen molar-refractivity contribution in [2.45, 2.75) is 37.5 Å². The fourth-order valence-corrected chi connectivity index (χ4v) is 2.71. The number of aromatic nitrogens is 1. The van der Waals surface area contributed by atoms with E-state index >= 15 is 0 Å². The number of hydrogen-bond donors (Lipinski definition) is 1. The van der Waals surface area contributed by atoms with Crippen molar-refractivity contribution in [2.24, 2.45) is 0 Å². The molecule has 1 aromatic heterocycles. The molecule has 2 saturated heterocycles. The van der Waals surface area contributed by atoms with E-state index in [0.717, 1.165) is 44.3 Å². The smallest absolute Gasteiger partial charge is 0.198 e. The first-order valence-electron chi connectivity index (χ1n) is 6.67. The van der Waals surface area contributed by atoms with Crippen molar-refractivity contribution < 1.29 is 9.15 Å². The van der Waals surface area contributed by atoms with Crippen LogP contribution in [0.1, 0.15) is 49.1 Å². The molecule has 0 aromatic carbocycles. The Hall–Kier alpha value is -0.870. The van der Waals surface area contributed by atoms with E-state index in [1.165, 1.54) is 19.3 Å². The molecule has 2 atom stereocenters. The Bertz CT molecular complexity index is 320. The summed E-state index contributed by atoms with van der Waals surface area (Å²) in [6.45, 7) is 3.82. The second-order valence-corrected chi connectivity index (χ2v) is 5.07. The first-order valence-corrected chi connectivity index (χ1v) is 6.67. The maximum Gasteiger partial charge on any atom is 0.198 e. The van der Waals surface area contributed by atoms with Crippen LogP contribution in [0.4, 0.5) is 0 Å². The normalized spacial score (nSPS) is 30.4. The number of hydrogen-bond acceptors (Lipinski definition) is 4. The van der Waals surface area contributed by atoms with Crippen LogP contribution in [0.3, 0.4) is 0 Å². The zero-order chi connectivity index (χ0) is 11.5. The van der Waals surface area contributed by atoms with Gasteiger partial charge in [-0.05, 0) is 32.2 Å². The van der Waals surface area contributed by atoms with Gasteiger partial charge in [0, 0.05) is 25.0 Å². The van der Waals surface area contributed by atoms with Crippen LogP contribution in [0.25, 0.3) is 0 Å². The van der Waals surface area contributed by atoms with Crippen LogP contribution in [-0.2, 0) is 4.74 Å². The third kappa shape index (κ3) is 2.53. The molecule has 0 radical (unpaired) electrons. The van der Waals surface area contributed by atoms with E-state index in [9.17, 15) is 0 Å². The van der Waals surface area contributed by atoms with Gasteiger partial charge in [-0.15, -0.1) is 0 Å². The summed E-state index contributed by atoms with van der Waals surface area (Å²) in [7, 11) is 0. The number of ether oxygens (including phenoxy) is 1. The van der Waals surface area contributed by atoms with Gasteiger partial charge in [-0.2, -0.15) is 0 Å².